The minimum atomic E-state index is 0.690. The van der Waals surface area contributed by atoms with E-state index >= 15 is 0 Å². The largest absolute Gasteiger partial charge is 0.397 e. The molecule has 0 aromatic heterocycles. The first-order chi connectivity index (χ1) is 8.74. The number of hydrogen-bond donors (Lipinski definition) is 2. The van der Waals surface area contributed by atoms with Crippen LogP contribution >= 0.6 is 0 Å². The van der Waals surface area contributed by atoms with Gasteiger partial charge in [0.05, 0.1) is 11.4 Å². The SMILES string of the molecule is CCCCCCCCCCc1ccc(N)c(N)c1. The molecule has 1 aromatic carbocycles. The Balaban J connectivity index is 2.05. The molecule has 4 N–H and O–H groups in total. The van der Waals surface area contributed by atoms with Gasteiger partial charge in [-0.2, -0.15) is 0 Å². The molecule has 1 aromatic rings. The number of rotatable bonds is 9. The van der Waals surface area contributed by atoms with Crippen LogP contribution in [-0.4, -0.2) is 0 Å². The number of hydrogen-bond acceptors (Lipinski definition) is 2. The maximum Gasteiger partial charge on any atom is 0.0550 e. The van der Waals surface area contributed by atoms with Gasteiger partial charge in [-0.25, -0.2) is 0 Å². The van der Waals surface area contributed by atoms with Gasteiger partial charge in [0.15, 0.2) is 0 Å². The second kappa shape index (κ2) is 8.84. The minimum absolute atomic E-state index is 0.690. The van der Waals surface area contributed by atoms with Gasteiger partial charge < -0.3 is 11.5 Å². The summed E-state index contributed by atoms with van der Waals surface area (Å²) in [6, 6.07) is 6.01. The fraction of sp³-hybridized carbons (Fsp3) is 0.625. The molecule has 0 heterocycles. The van der Waals surface area contributed by atoms with E-state index in [2.05, 4.69) is 13.0 Å². The van der Waals surface area contributed by atoms with Gasteiger partial charge in [0.1, 0.15) is 0 Å². The minimum Gasteiger partial charge on any atom is -0.397 e. The third-order valence-electron chi connectivity index (χ3n) is 3.47. The lowest BCUT2D eigenvalue weighted by molar-refractivity contribution is 0.575. The van der Waals surface area contributed by atoms with Gasteiger partial charge in [-0.1, -0.05) is 57.9 Å². The zero-order chi connectivity index (χ0) is 13.2. The van der Waals surface area contributed by atoms with Gasteiger partial charge in [-0.15, -0.1) is 0 Å². The van der Waals surface area contributed by atoms with E-state index < -0.39 is 0 Å². The van der Waals surface area contributed by atoms with E-state index in [0.29, 0.717) is 11.4 Å². The standard InChI is InChI=1S/C16H28N2/c1-2-3-4-5-6-7-8-9-10-14-11-12-15(17)16(18)13-14/h11-13H,2-10,17-18H2,1H3. The van der Waals surface area contributed by atoms with Crippen LogP contribution in [0.3, 0.4) is 0 Å². The Hall–Kier alpha value is -1.18. The average Bonchev–Trinajstić information content (AvgIpc) is 2.37. The lowest BCUT2D eigenvalue weighted by Crippen LogP contribution is -1.96. The van der Waals surface area contributed by atoms with Gasteiger partial charge in [-0.3, -0.25) is 0 Å². The Morgan fingerprint density at radius 1 is 0.778 bits per heavy atom. The second-order valence-corrected chi connectivity index (χ2v) is 5.19. The summed E-state index contributed by atoms with van der Waals surface area (Å²) in [5.74, 6) is 0. The van der Waals surface area contributed by atoms with Crippen LogP contribution in [0.1, 0.15) is 63.9 Å². The Morgan fingerprint density at radius 3 is 2.00 bits per heavy atom. The summed E-state index contributed by atoms with van der Waals surface area (Å²) in [4.78, 5) is 0. The molecule has 0 bridgehead atoms. The Kier molecular flexibility index (Phi) is 7.31. The molecule has 1 rings (SSSR count). The molecule has 0 saturated carbocycles. The van der Waals surface area contributed by atoms with E-state index in [1.165, 1.54) is 56.9 Å². The summed E-state index contributed by atoms with van der Waals surface area (Å²) >= 11 is 0. The molecular formula is C16H28N2. The first-order valence-electron chi connectivity index (χ1n) is 7.38. The fourth-order valence-corrected chi connectivity index (χ4v) is 2.24. The zero-order valence-corrected chi connectivity index (χ0v) is 11.8. The summed E-state index contributed by atoms with van der Waals surface area (Å²) in [5.41, 5.74) is 14.2. The fourth-order valence-electron chi connectivity index (χ4n) is 2.24. The van der Waals surface area contributed by atoms with E-state index in [9.17, 15) is 0 Å². The first kappa shape index (κ1) is 14.9. The highest BCUT2D eigenvalue weighted by molar-refractivity contribution is 5.63. The molecule has 2 heteroatoms. The molecule has 0 atom stereocenters. The lowest BCUT2D eigenvalue weighted by atomic mass is 10.0. The molecule has 0 aliphatic carbocycles. The lowest BCUT2D eigenvalue weighted by Gasteiger charge is -2.05. The number of benzene rings is 1. The molecule has 0 spiro atoms. The zero-order valence-electron chi connectivity index (χ0n) is 11.8. The normalized spacial score (nSPS) is 10.7. The van der Waals surface area contributed by atoms with Gasteiger partial charge in [0.2, 0.25) is 0 Å². The van der Waals surface area contributed by atoms with Crippen LogP contribution in [0.4, 0.5) is 11.4 Å². The maximum atomic E-state index is 5.79. The molecule has 102 valence electrons. The number of nitrogens with two attached hydrogens (primary N) is 2. The predicted octanol–water partition coefficient (Wildman–Crippen LogP) is 4.53. The highest BCUT2D eigenvalue weighted by Crippen LogP contribution is 2.18. The van der Waals surface area contributed by atoms with E-state index in [0.717, 1.165) is 6.42 Å². The van der Waals surface area contributed by atoms with E-state index in [-0.39, 0.29) is 0 Å². The summed E-state index contributed by atoms with van der Waals surface area (Å²) in [6.07, 6.45) is 12.0. The van der Waals surface area contributed by atoms with Crippen LogP contribution in [0.15, 0.2) is 18.2 Å². The Bertz CT molecular complexity index is 334. The number of aryl methyl sites for hydroxylation is 1. The van der Waals surface area contributed by atoms with Crippen molar-refractivity contribution in [3.8, 4) is 0 Å². The quantitative estimate of drug-likeness (QED) is 0.498. The summed E-state index contributed by atoms with van der Waals surface area (Å²) < 4.78 is 0. The van der Waals surface area contributed by atoms with Crippen LogP contribution in [0.2, 0.25) is 0 Å². The molecule has 0 aliphatic rings. The Morgan fingerprint density at radius 2 is 1.39 bits per heavy atom. The van der Waals surface area contributed by atoms with Crippen molar-refractivity contribution in [1.82, 2.24) is 0 Å². The van der Waals surface area contributed by atoms with E-state index in [1.807, 2.05) is 12.1 Å². The number of anilines is 2. The molecule has 0 radical (unpaired) electrons. The topological polar surface area (TPSA) is 52.0 Å². The molecule has 0 fully saturated rings. The molecule has 2 nitrogen and oxygen atoms in total. The maximum absolute atomic E-state index is 5.79. The summed E-state index contributed by atoms with van der Waals surface area (Å²) in [5, 5.41) is 0. The molecular weight excluding hydrogens is 220 g/mol. The molecule has 0 amide bonds. The van der Waals surface area contributed by atoms with Crippen LogP contribution < -0.4 is 11.5 Å². The van der Waals surface area contributed by atoms with Gasteiger partial charge in [-0.05, 0) is 30.5 Å². The average molecular weight is 248 g/mol. The van der Waals surface area contributed by atoms with Crippen molar-refractivity contribution in [3.05, 3.63) is 23.8 Å². The third-order valence-corrected chi connectivity index (χ3v) is 3.47. The van der Waals surface area contributed by atoms with Crippen molar-refractivity contribution >= 4 is 11.4 Å². The third kappa shape index (κ3) is 5.95. The smallest absolute Gasteiger partial charge is 0.0550 e. The van der Waals surface area contributed by atoms with Crippen molar-refractivity contribution in [1.29, 1.82) is 0 Å². The van der Waals surface area contributed by atoms with Crippen molar-refractivity contribution in [2.24, 2.45) is 0 Å². The highest BCUT2D eigenvalue weighted by atomic mass is 14.7. The molecule has 0 saturated heterocycles. The summed E-state index contributed by atoms with van der Waals surface area (Å²) in [6.45, 7) is 2.26. The van der Waals surface area contributed by atoms with E-state index in [4.69, 9.17) is 11.5 Å². The van der Waals surface area contributed by atoms with Crippen molar-refractivity contribution in [2.75, 3.05) is 11.5 Å². The van der Waals surface area contributed by atoms with Crippen LogP contribution in [0, 0.1) is 0 Å². The van der Waals surface area contributed by atoms with Crippen LogP contribution in [-0.2, 0) is 6.42 Å². The summed E-state index contributed by atoms with van der Waals surface area (Å²) in [7, 11) is 0. The van der Waals surface area contributed by atoms with Crippen molar-refractivity contribution in [3.63, 3.8) is 0 Å². The van der Waals surface area contributed by atoms with Crippen molar-refractivity contribution in [2.45, 2.75) is 64.7 Å². The molecule has 18 heavy (non-hydrogen) atoms. The predicted molar refractivity (Wildman–Crippen MR) is 81.6 cm³/mol. The van der Waals surface area contributed by atoms with Gasteiger partial charge in [0.25, 0.3) is 0 Å². The van der Waals surface area contributed by atoms with Crippen LogP contribution in [0.25, 0.3) is 0 Å². The molecule has 0 unspecified atom stereocenters. The Labute approximate surface area is 112 Å². The second-order valence-electron chi connectivity index (χ2n) is 5.19. The van der Waals surface area contributed by atoms with Gasteiger partial charge >= 0.3 is 0 Å². The monoisotopic (exact) mass is 248 g/mol. The molecule has 0 aliphatic heterocycles. The van der Waals surface area contributed by atoms with Crippen LogP contribution in [0.5, 0.6) is 0 Å². The van der Waals surface area contributed by atoms with E-state index in [1.54, 1.807) is 0 Å². The number of unbranched alkanes of at least 4 members (excludes halogenated alkanes) is 7. The van der Waals surface area contributed by atoms with Crippen molar-refractivity contribution < 1.29 is 0 Å². The van der Waals surface area contributed by atoms with Gasteiger partial charge in [0, 0.05) is 0 Å². The first-order valence-corrected chi connectivity index (χ1v) is 7.38. The highest BCUT2D eigenvalue weighted by Gasteiger charge is 1.98. The number of nitrogen functional groups attached to an aromatic ring is 2.